The van der Waals surface area contributed by atoms with Gasteiger partial charge in [0.25, 0.3) is 0 Å². The molecule has 0 saturated heterocycles. The molecule has 0 aliphatic heterocycles. The molecule has 3 nitrogen and oxygen atoms in total. The van der Waals surface area contributed by atoms with Gasteiger partial charge < -0.3 is 4.90 Å². The minimum Gasteiger partial charge on any atom is -0.365 e. The summed E-state index contributed by atoms with van der Waals surface area (Å²) in [4.78, 5) is 10.3. The topological polar surface area (TPSA) is 29.0 Å². The van der Waals surface area contributed by atoms with Crippen LogP contribution in [0, 0.1) is 0 Å². The second-order valence-electron chi connectivity index (χ2n) is 3.60. The highest BCUT2D eigenvalue weighted by Gasteiger charge is 2.04. The number of nitrogens with zero attached hydrogens (tertiary/aromatic N) is 3. The van der Waals surface area contributed by atoms with Gasteiger partial charge in [0, 0.05) is 13.1 Å². The van der Waals surface area contributed by atoms with Gasteiger partial charge >= 0.3 is 0 Å². The van der Waals surface area contributed by atoms with Crippen LogP contribution in [-0.4, -0.2) is 16.5 Å². The molecule has 0 spiro atoms. The van der Waals surface area contributed by atoms with Crippen LogP contribution in [0.5, 0.6) is 0 Å². The lowest BCUT2D eigenvalue weighted by Crippen LogP contribution is -2.22. The molecule has 0 unspecified atom stereocenters. The molecule has 0 aliphatic rings. The van der Waals surface area contributed by atoms with E-state index < -0.39 is 0 Å². The summed E-state index contributed by atoms with van der Waals surface area (Å²) in [6.07, 6.45) is 5.25. The highest BCUT2D eigenvalue weighted by molar-refractivity contribution is 5.42. The SMILES string of the molecule is CCN(Cc1ccccc1)c1cncnc1. The van der Waals surface area contributed by atoms with Crippen LogP contribution >= 0.6 is 0 Å². The third-order valence-electron chi connectivity index (χ3n) is 2.51. The zero-order valence-corrected chi connectivity index (χ0v) is 9.37. The van der Waals surface area contributed by atoms with Gasteiger partial charge in [-0.2, -0.15) is 0 Å². The second-order valence-corrected chi connectivity index (χ2v) is 3.60. The van der Waals surface area contributed by atoms with E-state index in [1.54, 1.807) is 6.33 Å². The van der Waals surface area contributed by atoms with Crippen molar-refractivity contribution in [1.82, 2.24) is 9.97 Å². The maximum Gasteiger partial charge on any atom is 0.115 e. The Morgan fingerprint density at radius 2 is 1.75 bits per heavy atom. The van der Waals surface area contributed by atoms with Crippen molar-refractivity contribution in [3.8, 4) is 0 Å². The monoisotopic (exact) mass is 213 g/mol. The molecule has 16 heavy (non-hydrogen) atoms. The van der Waals surface area contributed by atoms with Gasteiger partial charge in [-0.15, -0.1) is 0 Å². The van der Waals surface area contributed by atoms with Crippen molar-refractivity contribution in [3.05, 3.63) is 54.6 Å². The Kier molecular flexibility index (Phi) is 3.49. The Balaban J connectivity index is 2.13. The standard InChI is InChI=1S/C13H15N3/c1-2-16(13-8-14-11-15-9-13)10-12-6-4-3-5-7-12/h3-9,11H,2,10H2,1H3. The average molecular weight is 213 g/mol. The minimum absolute atomic E-state index is 0.894. The summed E-state index contributed by atoms with van der Waals surface area (Å²) in [5, 5.41) is 0. The van der Waals surface area contributed by atoms with E-state index in [4.69, 9.17) is 0 Å². The summed E-state index contributed by atoms with van der Waals surface area (Å²) in [6, 6.07) is 10.4. The van der Waals surface area contributed by atoms with Gasteiger partial charge in [-0.05, 0) is 12.5 Å². The smallest absolute Gasteiger partial charge is 0.115 e. The molecular formula is C13H15N3. The molecule has 1 heterocycles. The summed E-state index contributed by atoms with van der Waals surface area (Å²) in [6.45, 7) is 3.98. The van der Waals surface area contributed by atoms with Crippen molar-refractivity contribution in [2.24, 2.45) is 0 Å². The fourth-order valence-electron chi connectivity index (χ4n) is 1.64. The van der Waals surface area contributed by atoms with Crippen LogP contribution in [-0.2, 0) is 6.54 Å². The first-order valence-electron chi connectivity index (χ1n) is 5.44. The van der Waals surface area contributed by atoms with Crippen LogP contribution in [0.1, 0.15) is 12.5 Å². The van der Waals surface area contributed by atoms with E-state index in [0.717, 1.165) is 18.8 Å². The zero-order chi connectivity index (χ0) is 11.2. The average Bonchev–Trinajstić information content (AvgIpc) is 2.38. The van der Waals surface area contributed by atoms with Crippen LogP contribution in [0.4, 0.5) is 5.69 Å². The van der Waals surface area contributed by atoms with E-state index >= 15 is 0 Å². The lowest BCUT2D eigenvalue weighted by atomic mass is 10.2. The van der Waals surface area contributed by atoms with Gasteiger partial charge in [-0.1, -0.05) is 30.3 Å². The Labute approximate surface area is 95.8 Å². The van der Waals surface area contributed by atoms with E-state index in [0.29, 0.717) is 0 Å². The number of hydrogen-bond acceptors (Lipinski definition) is 3. The second kappa shape index (κ2) is 5.26. The molecule has 2 aromatic rings. The summed E-state index contributed by atoms with van der Waals surface area (Å²) in [7, 11) is 0. The Morgan fingerprint density at radius 1 is 1.06 bits per heavy atom. The lowest BCUT2D eigenvalue weighted by Gasteiger charge is -2.22. The fourth-order valence-corrected chi connectivity index (χ4v) is 1.64. The number of hydrogen-bond donors (Lipinski definition) is 0. The van der Waals surface area contributed by atoms with Crippen LogP contribution < -0.4 is 4.90 Å². The molecule has 1 aromatic heterocycles. The molecule has 0 N–H and O–H groups in total. The fraction of sp³-hybridized carbons (Fsp3) is 0.231. The number of rotatable bonds is 4. The quantitative estimate of drug-likeness (QED) is 0.781. The summed E-state index contributed by atoms with van der Waals surface area (Å²) >= 11 is 0. The first kappa shape index (κ1) is 10.6. The third kappa shape index (κ3) is 2.57. The summed E-state index contributed by atoms with van der Waals surface area (Å²) in [5.74, 6) is 0. The Bertz CT molecular complexity index is 414. The summed E-state index contributed by atoms with van der Waals surface area (Å²) in [5.41, 5.74) is 2.36. The molecule has 0 bridgehead atoms. The van der Waals surface area contributed by atoms with Crippen molar-refractivity contribution in [1.29, 1.82) is 0 Å². The van der Waals surface area contributed by atoms with Crippen molar-refractivity contribution < 1.29 is 0 Å². The molecule has 0 radical (unpaired) electrons. The number of anilines is 1. The van der Waals surface area contributed by atoms with Gasteiger partial charge in [0.2, 0.25) is 0 Å². The number of aromatic nitrogens is 2. The van der Waals surface area contributed by atoms with Gasteiger partial charge in [-0.3, -0.25) is 0 Å². The maximum absolute atomic E-state index is 4.04. The maximum atomic E-state index is 4.04. The number of benzene rings is 1. The van der Waals surface area contributed by atoms with Crippen LogP contribution in [0.2, 0.25) is 0 Å². The molecule has 0 amide bonds. The minimum atomic E-state index is 0.894. The predicted octanol–water partition coefficient (Wildman–Crippen LogP) is 2.50. The van der Waals surface area contributed by atoms with Gasteiger partial charge in [0.1, 0.15) is 6.33 Å². The lowest BCUT2D eigenvalue weighted by molar-refractivity contribution is 0.824. The third-order valence-corrected chi connectivity index (χ3v) is 2.51. The summed E-state index contributed by atoms with van der Waals surface area (Å²) < 4.78 is 0. The Morgan fingerprint density at radius 3 is 2.38 bits per heavy atom. The van der Waals surface area contributed by atoms with Crippen molar-refractivity contribution in [3.63, 3.8) is 0 Å². The highest BCUT2D eigenvalue weighted by Crippen LogP contribution is 2.13. The zero-order valence-electron chi connectivity index (χ0n) is 9.37. The van der Waals surface area contributed by atoms with E-state index in [1.165, 1.54) is 5.56 Å². The predicted molar refractivity (Wildman–Crippen MR) is 65.2 cm³/mol. The highest BCUT2D eigenvalue weighted by atomic mass is 15.1. The molecule has 1 aromatic carbocycles. The van der Waals surface area contributed by atoms with Crippen LogP contribution in [0.3, 0.4) is 0 Å². The van der Waals surface area contributed by atoms with Crippen molar-refractivity contribution >= 4 is 5.69 Å². The molecule has 2 rings (SSSR count). The molecule has 3 heteroatoms. The first-order chi connectivity index (χ1) is 7.90. The first-order valence-corrected chi connectivity index (χ1v) is 5.44. The van der Waals surface area contributed by atoms with E-state index in [9.17, 15) is 0 Å². The molecule has 0 aliphatic carbocycles. The van der Waals surface area contributed by atoms with Crippen molar-refractivity contribution in [2.45, 2.75) is 13.5 Å². The van der Waals surface area contributed by atoms with Gasteiger partial charge in [0.05, 0.1) is 18.1 Å². The van der Waals surface area contributed by atoms with E-state index in [1.807, 2.05) is 18.5 Å². The van der Waals surface area contributed by atoms with Gasteiger partial charge in [0.15, 0.2) is 0 Å². The Hall–Kier alpha value is -1.90. The molecule has 82 valence electrons. The van der Waals surface area contributed by atoms with Crippen LogP contribution in [0.15, 0.2) is 49.1 Å². The van der Waals surface area contributed by atoms with Crippen molar-refractivity contribution in [2.75, 3.05) is 11.4 Å². The molecular weight excluding hydrogens is 198 g/mol. The van der Waals surface area contributed by atoms with Gasteiger partial charge in [-0.25, -0.2) is 9.97 Å². The normalized spacial score (nSPS) is 10.1. The largest absolute Gasteiger partial charge is 0.365 e. The molecule has 0 saturated carbocycles. The van der Waals surface area contributed by atoms with E-state index in [2.05, 4.69) is 46.1 Å². The van der Waals surface area contributed by atoms with Crippen LogP contribution in [0.25, 0.3) is 0 Å². The molecule has 0 fully saturated rings. The van der Waals surface area contributed by atoms with E-state index in [-0.39, 0.29) is 0 Å². The molecule has 0 atom stereocenters.